The summed E-state index contributed by atoms with van der Waals surface area (Å²) in [7, 11) is 1.86. The van der Waals surface area contributed by atoms with Crippen molar-refractivity contribution in [2.45, 2.75) is 18.8 Å². The molecule has 0 radical (unpaired) electrons. The van der Waals surface area contributed by atoms with Crippen molar-refractivity contribution in [2.24, 2.45) is 5.92 Å². The van der Waals surface area contributed by atoms with Crippen LogP contribution in [0.5, 0.6) is 0 Å². The number of likely N-dealkylation sites (N-methyl/N-ethyl adjacent to an activating group) is 1. The lowest BCUT2D eigenvalue weighted by Crippen LogP contribution is -2.30. The van der Waals surface area contributed by atoms with Crippen LogP contribution < -0.4 is 0 Å². The Kier molecular flexibility index (Phi) is 3.92. The van der Waals surface area contributed by atoms with Crippen LogP contribution >= 0.6 is 11.6 Å². The molecular formula is C15H17ClN4O. The van der Waals surface area contributed by atoms with Gasteiger partial charge in [-0.25, -0.2) is 4.98 Å². The molecule has 1 saturated carbocycles. The Morgan fingerprint density at radius 1 is 1.43 bits per heavy atom. The van der Waals surface area contributed by atoms with E-state index in [1.807, 2.05) is 31.3 Å². The van der Waals surface area contributed by atoms with Crippen molar-refractivity contribution >= 4 is 17.5 Å². The number of H-pyrrole nitrogens is 1. The van der Waals surface area contributed by atoms with Crippen LogP contribution in [0.1, 0.15) is 23.7 Å². The van der Waals surface area contributed by atoms with Gasteiger partial charge in [-0.1, -0.05) is 23.7 Å². The maximum absolute atomic E-state index is 12.3. The van der Waals surface area contributed by atoms with Gasteiger partial charge in [0.1, 0.15) is 12.2 Å². The predicted octanol–water partition coefficient (Wildman–Crippen LogP) is 2.26. The number of aromatic nitrogens is 3. The Morgan fingerprint density at radius 2 is 2.19 bits per heavy atom. The van der Waals surface area contributed by atoms with Crippen LogP contribution in [0.4, 0.5) is 0 Å². The highest BCUT2D eigenvalue weighted by Gasteiger charge is 2.46. The summed E-state index contributed by atoms with van der Waals surface area (Å²) in [6, 6.07) is 7.74. The lowest BCUT2D eigenvalue weighted by atomic mass is 10.1. The van der Waals surface area contributed by atoms with Crippen molar-refractivity contribution in [3.63, 3.8) is 0 Å². The first-order valence-corrected chi connectivity index (χ1v) is 7.37. The largest absolute Gasteiger partial charge is 0.345 e. The van der Waals surface area contributed by atoms with E-state index in [4.69, 9.17) is 11.6 Å². The van der Waals surface area contributed by atoms with E-state index < -0.39 is 0 Å². The fourth-order valence-corrected chi connectivity index (χ4v) is 2.63. The fraction of sp³-hybridized carbons (Fsp3) is 0.400. The first-order valence-electron chi connectivity index (χ1n) is 7.00. The topological polar surface area (TPSA) is 61.9 Å². The second-order valence-electron chi connectivity index (χ2n) is 5.46. The molecule has 1 aliphatic rings. The normalized spacial score (nSPS) is 20.3. The van der Waals surface area contributed by atoms with Crippen LogP contribution in [0.3, 0.4) is 0 Å². The van der Waals surface area contributed by atoms with Crippen molar-refractivity contribution in [3.8, 4) is 0 Å². The molecule has 1 fully saturated rings. The number of halogens is 1. The van der Waals surface area contributed by atoms with Crippen LogP contribution in [0.15, 0.2) is 30.6 Å². The summed E-state index contributed by atoms with van der Waals surface area (Å²) in [4.78, 5) is 18.3. The lowest BCUT2D eigenvalue weighted by molar-refractivity contribution is -0.131. The number of rotatable bonds is 5. The first kappa shape index (κ1) is 14.1. The van der Waals surface area contributed by atoms with Gasteiger partial charge in [0, 0.05) is 30.5 Å². The maximum Gasteiger partial charge on any atom is 0.226 e. The van der Waals surface area contributed by atoms with Crippen molar-refractivity contribution in [1.82, 2.24) is 20.1 Å². The molecule has 6 heteroatoms. The molecule has 1 N–H and O–H groups in total. The minimum atomic E-state index is 0.0492. The van der Waals surface area contributed by atoms with Gasteiger partial charge in [-0.05, 0) is 30.5 Å². The molecule has 0 spiro atoms. The zero-order valence-corrected chi connectivity index (χ0v) is 12.5. The van der Waals surface area contributed by atoms with E-state index in [0.717, 1.165) is 23.7 Å². The maximum atomic E-state index is 12.3. The molecule has 5 nitrogen and oxygen atoms in total. The standard InChI is InChI=1S/C15H17ClN4O/c1-20(7-6-10-2-4-11(16)5-3-10)15(21)13-8-12(13)14-17-9-18-19-14/h2-5,9,12-13H,6-8H2,1H3,(H,17,18,19)/t12-,13-/m1/s1. The van der Waals surface area contributed by atoms with Gasteiger partial charge in [-0.15, -0.1) is 0 Å². The average molecular weight is 305 g/mol. The lowest BCUT2D eigenvalue weighted by Gasteiger charge is -2.17. The number of hydrogen-bond donors (Lipinski definition) is 1. The number of carbonyl (C=O) groups excluding carboxylic acids is 1. The summed E-state index contributed by atoms with van der Waals surface area (Å²) in [5, 5.41) is 7.41. The van der Waals surface area contributed by atoms with Crippen molar-refractivity contribution in [1.29, 1.82) is 0 Å². The van der Waals surface area contributed by atoms with Crippen LogP contribution in [0.25, 0.3) is 0 Å². The van der Waals surface area contributed by atoms with Gasteiger partial charge in [0.25, 0.3) is 0 Å². The SMILES string of the molecule is CN(CCc1ccc(Cl)cc1)C(=O)[C@@H]1C[C@H]1c1ncn[nH]1. The smallest absolute Gasteiger partial charge is 0.226 e. The van der Waals surface area contributed by atoms with Gasteiger partial charge < -0.3 is 4.90 Å². The van der Waals surface area contributed by atoms with E-state index in [9.17, 15) is 4.79 Å². The summed E-state index contributed by atoms with van der Waals surface area (Å²) < 4.78 is 0. The number of aromatic amines is 1. The zero-order valence-electron chi connectivity index (χ0n) is 11.8. The molecule has 1 heterocycles. The number of hydrogen-bond acceptors (Lipinski definition) is 3. The fourth-order valence-electron chi connectivity index (χ4n) is 2.50. The summed E-state index contributed by atoms with van der Waals surface area (Å²) in [6.07, 6.45) is 3.18. The Labute approximate surface area is 128 Å². The molecule has 1 amide bonds. The summed E-state index contributed by atoms with van der Waals surface area (Å²) >= 11 is 5.86. The number of nitrogens with one attached hydrogen (secondary N) is 1. The molecule has 0 bridgehead atoms. The molecule has 0 aliphatic heterocycles. The highest BCUT2D eigenvalue weighted by molar-refractivity contribution is 6.30. The van der Waals surface area contributed by atoms with Gasteiger partial charge in [0.2, 0.25) is 5.91 Å². The van der Waals surface area contributed by atoms with E-state index in [2.05, 4.69) is 15.2 Å². The molecule has 1 aromatic carbocycles. The first-order chi connectivity index (χ1) is 10.1. The van der Waals surface area contributed by atoms with Crippen LogP contribution in [0.2, 0.25) is 5.02 Å². The third kappa shape index (κ3) is 3.24. The molecule has 1 aliphatic carbocycles. The summed E-state index contributed by atoms with van der Waals surface area (Å²) in [6.45, 7) is 0.708. The molecule has 110 valence electrons. The Hall–Kier alpha value is -1.88. The van der Waals surface area contributed by atoms with Gasteiger partial charge >= 0.3 is 0 Å². The Bertz CT molecular complexity index is 611. The monoisotopic (exact) mass is 304 g/mol. The second kappa shape index (κ2) is 5.85. The minimum absolute atomic E-state index is 0.0492. The molecule has 0 unspecified atom stereocenters. The molecule has 3 rings (SSSR count). The molecule has 2 aromatic rings. The van der Waals surface area contributed by atoms with E-state index in [1.54, 1.807) is 4.90 Å². The highest BCUT2D eigenvalue weighted by atomic mass is 35.5. The van der Waals surface area contributed by atoms with E-state index >= 15 is 0 Å². The highest BCUT2D eigenvalue weighted by Crippen LogP contribution is 2.46. The number of amides is 1. The average Bonchev–Trinajstić information content (AvgIpc) is 3.10. The van der Waals surface area contributed by atoms with Gasteiger partial charge in [0.05, 0.1) is 0 Å². The third-order valence-corrected chi connectivity index (χ3v) is 4.17. The number of nitrogens with zero attached hydrogens (tertiary/aromatic N) is 3. The summed E-state index contributed by atoms with van der Waals surface area (Å²) in [5.74, 6) is 1.26. The summed E-state index contributed by atoms with van der Waals surface area (Å²) in [5.41, 5.74) is 1.18. The molecular weight excluding hydrogens is 288 g/mol. The number of carbonyl (C=O) groups is 1. The van der Waals surface area contributed by atoms with Crippen LogP contribution in [-0.4, -0.2) is 39.6 Å². The van der Waals surface area contributed by atoms with Crippen LogP contribution in [-0.2, 0) is 11.2 Å². The van der Waals surface area contributed by atoms with Gasteiger partial charge in [-0.3, -0.25) is 9.89 Å². The van der Waals surface area contributed by atoms with E-state index in [0.29, 0.717) is 6.54 Å². The van der Waals surface area contributed by atoms with Crippen LogP contribution in [0, 0.1) is 5.92 Å². The van der Waals surface area contributed by atoms with E-state index in [-0.39, 0.29) is 17.7 Å². The van der Waals surface area contributed by atoms with E-state index in [1.165, 1.54) is 11.9 Å². The Morgan fingerprint density at radius 3 is 2.86 bits per heavy atom. The Balaban J connectivity index is 1.50. The zero-order chi connectivity index (χ0) is 14.8. The van der Waals surface area contributed by atoms with Crippen molar-refractivity contribution in [2.75, 3.05) is 13.6 Å². The van der Waals surface area contributed by atoms with Gasteiger partial charge in [0.15, 0.2) is 0 Å². The van der Waals surface area contributed by atoms with Gasteiger partial charge in [-0.2, -0.15) is 5.10 Å². The molecule has 0 saturated heterocycles. The molecule has 21 heavy (non-hydrogen) atoms. The molecule has 2 atom stereocenters. The third-order valence-electron chi connectivity index (χ3n) is 3.92. The minimum Gasteiger partial charge on any atom is -0.345 e. The van der Waals surface area contributed by atoms with Crippen molar-refractivity contribution < 1.29 is 4.79 Å². The van der Waals surface area contributed by atoms with Crippen molar-refractivity contribution in [3.05, 3.63) is 47.0 Å². The predicted molar refractivity (Wildman–Crippen MR) is 80.0 cm³/mol. The second-order valence-corrected chi connectivity index (χ2v) is 5.89. The quantitative estimate of drug-likeness (QED) is 0.921. The number of benzene rings is 1. The molecule has 1 aromatic heterocycles.